The van der Waals surface area contributed by atoms with E-state index in [0.29, 0.717) is 17.9 Å². The zero-order valence-corrected chi connectivity index (χ0v) is 12.6. The van der Waals surface area contributed by atoms with Gasteiger partial charge in [0, 0.05) is 6.54 Å². The van der Waals surface area contributed by atoms with Gasteiger partial charge < -0.3 is 10.2 Å². The number of halogens is 1. The summed E-state index contributed by atoms with van der Waals surface area (Å²) in [6.07, 6.45) is 0.608. The Morgan fingerprint density at radius 2 is 2.05 bits per heavy atom. The number of rotatable bonds is 4. The summed E-state index contributed by atoms with van der Waals surface area (Å²) in [6.45, 7) is 5.96. The largest absolute Gasteiger partial charge is 0.343 e. The minimum absolute atomic E-state index is 0.0972. The Morgan fingerprint density at radius 3 is 2.67 bits per heavy atom. The van der Waals surface area contributed by atoms with Crippen molar-refractivity contribution in [1.82, 2.24) is 10.2 Å². The number of benzene rings is 1. The lowest BCUT2D eigenvalue weighted by atomic mass is 9.98. The molecule has 2 rings (SSSR count). The third-order valence-corrected chi connectivity index (χ3v) is 3.69. The zero-order chi connectivity index (χ0) is 15.6. The summed E-state index contributed by atoms with van der Waals surface area (Å²) in [5.74, 6) is -0.284. The Bertz CT molecular complexity index is 545. The highest BCUT2D eigenvalue weighted by Crippen LogP contribution is 2.18. The number of carbonyl (C=O) groups excluding carboxylic acids is 2. The quantitative estimate of drug-likeness (QED) is 0.924. The Morgan fingerprint density at radius 1 is 1.33 bits per heavy atom. The maximum atomic E-state index is 13.3. The molecule has 1 heterocycles. The van der Waals surface area contributed by atoms with Crippen LogP contribution in [0, 0.1) is 11.7 Å². The van der Waals surface area contributed by atoms with Gasteiger partial charge in [-0.15, -0.1) is 0 Å². The van der Waals surface area contributed by atoms with E-state index in [1.54, 1.807) is 19.1 Å². The van der Waals surface area contributed by atoms with Gasteiger partial charge in [0.25, 0.3) is 0 Å². The summed E-state index contributed by atoms with van der Waals surface area (Å²) < 4.78 is 13.3. The lowest BCUT2D eigenvalue weighted by Crippen LogP contribution is -2.62. The van der Waals surface area contributed by atoms with Gasteiger partial charge in [0.1, 0.15) is 17.9 Å². The van der Waals surface area contributed by atoms with Crippen LogP contribution in [-0.4, -0.2) is 28.8 Å². The molecule has 0 radical (unpaired) electrons. The summed E-state index contributed by atoms with van der Waals surface area (Å²) >= 11 is 0. The van der Waals surface area contributed by atoms with Crippen molar-refractivity contribution in [2.45, 2.75) is 45.8 Å². The van der Waals surface area contributed by atoms with Gasteiger partial charge in [-0.3, -0.25) is 9.59 Å². The molecule has 0 spiro atoms. The summed E-state index contributed by atoms with van der Waals surface area (Å²) in [5, 5.41) is 2.77. The summed E-state index contributed by atoms with van der Waals surface area (Å²) in [7, 11) is 0. The van der Waals surface area contributed by atoms with E-state index in [4.69, 9.17) is 0 Å². The van der Waals surface area contributed by atoms with E-state index < -0.39 is 12.1 Å². The SMILES string of the molecule is CC(C)CC1NC(=O)C(C)N(Cc2cccc(F)c2)C1=O. The highest BCUT2D eigenvalue weighted by Gasteiger charge is 2.38. The molecule has 0 aromatic heterocycles. The molecular formula is C16H21FN2O2. The Kier molecular flexibility index (Phi) is 4.60. The fraction of sp³-hybridized carbons (Fsp3) is 0.500. The molecule has 0 bridgehead atoms. The van der Waals surface area contributed by atoms with Gasteiger partial charge in [0.2, 0.25) is 11.8 Å². The van der Waals surface area contributed by atoms with Crippen molar-refractivity contribution < 1.29 is 14.0 Å². The first-order valence-corrected chi connectivity index (χ1v) is 7.23. The molecule has 114 valence electrons. The maximum Gasteiger partial charge on any atom is 0.246 e. The van der Waals surface area contributed by atoms with Crippen molar-refractivity contribution in [3.63, 3.8) is 0 Å². The standard InChI is InChI=1S/C16H21FN2O2/c1-10(2)7-14-16(21)19(11(3)15(20)18-14)9-12-5-4-6-13(17)8-12/h4-6,8,10-11,14H,7,9H2,1-3H3,(H,18,20). The monoisotopic (exact) mass is 292 g/mol. The van der Waals surface area contributed by atoms with E-state index in [0.717, 1.165) is 0 Å². The van der Waals surface area contributed by atoms with Gasteiger partial charge in [-0.2, -0.15) is 0 Å². The molecule has 2 unspecified atom stereocenters. The number of amides is 2. The molecule has 1 aliphatic heterocycles. The summed E-state index contributed by atoms with van der Waals surface area (Å²) in [6, 6.07) is 5.09. The van der Waals surface area contributed by atoms with E-state index in [1.807, 2.05) is 13.8 Å². The molecule has 1 saturated heterocycles. The fourth-order valence-corrected chi connectivity index (χ4v) is 2.56. The molecule has 5 heteroatoms. The highest BCUT2D eigenvalue weighted by molar-refractivity contribution is 5.96. The second-order valence-corrected chi connectivity index (χ2v) is 5.96. The fourth-order valence-electron chi connectivity index (χ4n) is 2.56. The van der Waals surface area contributed by atoms with E-state index in [1.165, 1.54) is 17.0 Å². The Hall–Kier alpha value is -1.91. The predicted molar refractivity (Wildman–Crippen MR) is 77.8 cm³/mol. The van der Waals surface area contributed by atoms with Crippen molar-refractivity contribution in [2.75, 3.05) is 0 Å². The Balaban J connectivity index is 2.18. The first kappa shape index (κ1) is 15.5. The van der Waals surface area contributed by atoms with Gasteiger partial charge in [-0.1, -0.05) is 26.0 Å². The number of carbonyl (C=O) groups is 2. The van der Waals surface area contributed by atoms with Crippen LogP contribution in [0.4, 0.5) is 4.39 Å². The normalized spacial score (nSPS) is 22.6. The maximum absolute atomic E-state index is 13.3. The molecule has 1 aromatic rings. The number of nitrogens with zero attached hydrogens (tertiary/aromatic N) is 1. The van der Waals surface area contributed by atoms with Crippen LogP contribution in [0.1, 0.15) is 32.8 Å². The van der Waals surface area contributed by atoms with Crippen LogP contribution >= 0.6 is 0 Å². The van der Waals surface area contributed by atoms with Gasteiger partial charge >= 0.3 is 0 Å². The predicted octanol–water partition coefficient (Wildman–Crippen LogP) is 2.09. The minimum atomic E-state index is -0.538. The van der Waals surface area contributed by atoms with Crippen LogP contribution in [0.5, 0.6) is 0 Å². The van der Waals surface area contributed by atoms with E-state index >= 15 is 0 Å². The first-order valence-electron chi connectivity index (χ1n) is 7.23. The Labute approximate surface area is 124 Å². The zero-order valence-electron chi connectivity index (χ0n) is 12.6. The first-order chi connectivity index (χ1) is 9.88. The molecule has 1 fully saturated rings. The van der Waals surface area contributed by atoms with E-state index in [2.05, 4.69) is 5.32 Å². The second kappa shape index (κ2) is 6.24. The van der Waals surface area contributed by atoms with Crippen LogP contribution in [0.15, 0.2) is 24.3 Å². The minimum Gasteiger partial charge on any atom is -0.343 e. The topological polar surface area (TPSA) is 49.4 Å². The van der Waals surface area contributed by atoms with Crippen LogP contribution in [0.2, 0.25) is 0 Å². The van der Waals surface area contributed by atoms with Gasteiger partial charge in [-0.05, 0) is 37.0 Å². The third-order valence-electron chi connectivity index (χ3n) is 3.69. The molecular weight excluding hydrogens is 271 g/mol. The van der Waals surface area contributed by atoms with Gasteiger partial charge in [0.05, 0.1) is 0 Å². The molecule has 0 aliphatic carbocycles. The van der Waals surface area contributed by atoms with Crippen molar-refractivity contribution >= 4 is 11.8 Å². The number of hydrogen-bond acceptors (Lipinski definition) is 2. The molecule has 2 amide bonds. The molecule has 4 nitrogen and oxygen atoms in total. The van der Waals surface area contributed by atoms with E-state index in [9.17, 15) is 14.0 Å². The van der Waals surface area contributed by atoms with E-state index in [-0.39, 0.29) is 24.2 Å². The third kappa shape index (κ3) is 3.60. The molecule has 1 N–H and O–H groups in total. The highest BCUT2D eigenvalue weighted by atomic mass is 19.1. The van der Waals surface area contributed by atoms with Crippen LogP contribution in [-0.2, 0) is 16.1 Å². The van der Waals surface area contributed by atoms with Crippen LogP contribution < -0.4 is 5.32 Å². The number of hydrogen-bond donors (Lipinski definition) is 1. The van der Waals surface area contributed by atoms with Crippen molar-refractivity contribution in [3.8, 4) is 0 Å². The average molecular weight is 292 g/mol. The molecule has 1 aliphatic rings. The van der Waals surface area contributed by atoms with Gasteiger partial charge in [-0.25, -0.2) is 4.39 Å². The number of piperazine rings is 1. The summed E-state index contributed by atoms with van der Waals surface area (Å²) in [4.78, 5) is 26.1. The summed E-state index contributed by atoms with van der Waals surface area (Å²) in [5.41, 5.74) is 0.688. The smallest absolute Gasteiger partial charge is 0.246 e. The average Bonchev–Trinajstić information content (AvgIpc) is 2.40. The van der Waals surface area contributed by atoms with Crippen molar-refractivity contribution in [3.05, 3.63) is 35.6 Å². The van der Waals surface area contributed by atoms with Crippen LogP contribution in [0.3, 0.4) is 0 Å². The molecule has 0 saturated carbocycles. The molecule has 21 heavy (non-hydrogen) atoms. The lowest BCUT2D eigenvalue weighted by Gasteiger charge is -2.38. The number of nitrogens with one attached hydrogen (secondary N) is 1. The van der Waals surface area contributed by atoms with Crippen molar-refractivity contribution in [1.29, 1.82) is 0 Å². The molecule has 1 aromatic carbocycles. The van der Waals surface area contributed by atoms with Crippen molar-refractivity contribution in [2.24, 2.45) is 5.92 Å². The second-order valence-electron chi connectivity index (χ2n) is 5.96. The van der Waals surface area contributed by atoms with Gasteiger partial charge in [0.15, 0.2) is 0 Å². The molecule has 2 atom stereocenters. The van der Waals surface area contributed by atoms with Crippen LogP contribution in [0.25, 0.3) is 0 Å². The lowest BCUT2D eigenvalue weighted by molar-refractivity contribution is -0.149.